The molecule has 7 heteroatoms. The van der Waals surface area contributed by atoms with Gasteiger partial charge in [0.15, 0.2) is 0 Å². The molecule has 1 aliphatic rings. The number of halogens is 3. The molecule has 4 nitrogen and oxygen atoms in total. The van der Waals surface area contributed by atoms with Crippen LogP contribution in [0.1, 0.15) is 39.4 Å². The topological polar surface area (TPSA) is 40.6 Å². The number of carbonyl (C=O) groups is 2. The van der Waals surface area contributed by atoms with Crippen LogP contribution in [0.5, 0.6) is 0 Å². The van der Waals surface area contributed by atoms with Crippen molar-refractivity contribution in [3.05, 3.63) is 107 Å². The molecule has 0 spiro atoms. The predicted molar refractivity (Wildman–Crippen MR) is 123 cm³/mol. The van der Waals surface area contributed by atoms with E-state index in [4.69, 9.17) is 0 Å². The summed E-state index contributed by atoms with van der Waals surface area (Å²) in [6, 6.07) is 24.0. The highest BCUT2D eigenvalue weighted by Gasteiger charge is 2.31. The van der Waals surface area contributed by atoms with Gasteiger partial charge in [-0.25, -0.2) is 0 Å². The van der Waals surface area contributed by atoms with Gasteiger partial charge in [0, 0.05) is 44.1 Å². The van der Waals surface area contributed by atoms with Gasteiger partial charge in [-0.15, -0.1) is 0 Å². The monoisotopic (exact) mass is 466 g/mol. The van der Waals surface area contributed by atoms with Crippen molar-refractivity contribution < 1.29 is 22.8 Å². The van der Waals surface area contributed by atoms with Crippen LogP contribution in [0, 0.1) is 0 Å². The van der Waals surface area contributed by atoms with E-state index in [-0.39, 0.29) is 23.3 Å². The van der Waals surface area contributed by atoms with Crippen molar-refractivity contribution in [3.8, 4) is 0 Å². The summed E-state index contributed by atoms with van der Waals surface area (Å²) in [5, 5.41) is 0. The van der Waals surface area contributed by atoms with Gasteiger partial charge in [0.1, 0.15) is 0 Å². The van der Waals surface area contributed by atoms with Crippen LogP contribution in [0.25, 0.3) is 0 Å². The zero-order valence-corrected chi connectivity index (χ0v) is 18.5. The highest BCUT2D eigenvalue weighted by atomic mass is 19.4. The van der Waals surface area contributed by atoms with E-state index in [9.17, 15) is 22.8 Å². The van der Waals surface area contributed by atoms with E-state index >= 15 is 0 Å². The van der Waals surface area contributed by atoms with E-state index in [1.807, 2.05) is 60.7 Å². The van der Waals surface area contributed by atoms with Gasteiger partial charge in [-0.3, -0.25) is 9.59 Å². The van der Waals surface area contributed by atoms with Gasteiger partial charge in [-0.05, 0) is 35.4 Å². The molecule has 0 aromatic heterocycles. The van der Waals surface area contributed by atoms with Crippen LogP contribution in [0.2, 0.25) is 0 Å². The Hall–Kier alpha value is -3.61. The number of amides is 2. The minimum atomic E-state index is -4.44. The maximum atomic E-state index is 13.1. The second-order valence-corrected chi connectivity index (χ2v) is 8.33. The minimum Gasteiger partial charge on any atom is -0.339 e. The molecule has 176 valence electrons. The van der Waals surface area contributed by atoms with E-state index < -0.39 is 11.7 Å². The molecule has 1 saturated heterocycles. The zero-order chi connectivity index (χ0) is 24.1. The predicted octanol–water partition coefficient (Wildman–Crippen LogP) is 5.21. The van der Waals surface area contributed by atoms with Gasteiger partial charge in [0.2, 0.25) is 5.91 Å². The van der Waals surface area contributed by atoms with Gasteiger partial charge >= 0.3 is 6.18 Å². The van der Waals surface area contributed by atoms with E-state index in [1.165, 1.54) is 12.1 Å². The second-order valence-electron chi connectivity index (χ2n) is 8.33. The third-order valence-corrected chi connectivity index (χ3v) is 6.16. The van der Waals surface area contributed by atoms with Crippen molar-refractivity contribution >= 4 is 11.8 Å². The van der Waals surface area contributed by atoms with E-state index in [0.717, 1.165) is 23.3 Å². The summed E-state index contributed by atoms with van der Waals surface area (Å²) in [6.07, 6.45) is -4.12. The highest BCUT2D eigenvalue weighted by molar-refractivity contribution is 5.94. The molecular weight excluding hydrogens is 441 g/mol. The summed E-state index contributed by atoms with van der Waals surface area (Å²) in [5.74, 6) is -0.381. The smallest absolute Gasteiger partial charge is 0.339 e. The molecule has 0 saturated carbocycles. The third kappa shape index (κ3) is 5.47. The summed E-state index contributed by atoms with van der Waals surface area (Å²) < 4.78 is 38.3. The number of piperazine rings is 1. The number of hydrogen-bond donors (Lipinski definition) is 0. The second kappa shape index (κ2) is 10.1. The Balaban J connectivity index is 1.38. The van der Waals surface area contributed by atoms with Crippen molar-refractivity contribution in [2.24, 2.45) is 0 Å². The fourth-order valence-corrected chi connectivity index (χ4v) is 4.25. The molecule has 34 heavy (non-hydrogen) atoms. The largest absolute Gasteiger partial charge is 0.416 e. The normalized spacial score (nSPS) is 14.4. The number of nitrogens with zero attached hydrogens (tertiary/aromatic N) is 2. The minimum absolute atomic E-state index is 0.0133. The average molecular weight is 467 g/mol. The SMILES string of the molecule is O=C(CC(c1ccccc1)c1ccccc1)N1CCN(C(=O)c2ccc(C(F)(F)F)cc2)CC1. The molecule has 1 fully saturated rings. The van der Waals surface area contributed by atoms with E-state index in [1.54, 1.807) is 9.80 Å². The van der Waals surface area contributed by atoms with Crippen molar-refractivity contribution in [2.75, 3.05) is 26.2 Å². The molecule has 3 aromatic rings. The molecule has 3 aromatic carbocycles. The lowest BCUT2D eigenvalue weighted by atomic mass is 9.88. The Morgan fingerprint density at radius 3 is 1.65 bits per heavy atom. The van der Waals surface area contributed by atoms with Crippen LogP contribution in [-0.4, -0.2) is 47.8 Å². The lowest BCUT2D eigenvalue weighted by Crippen LogP contribution is -2.50. The lowest BCUT2D eigenvalue weighted by molar-refractivity contribution is -0.137. The highest BCUT2D eigenvalue weighted by Crippen LogP contribution is 2.30. The Morgan fingerprint density at radius 1 is 0.706 bits per heavy atom. The fourth-order valence-electron chi connectivity index (χ4n) is 4.25. The van der Waals surface area contributed by atoms with E-state index in [0.29, 0.717) is 32.6 Å². The number of carbonyl (C=O) groups excluding carboxylic acids is 2. The van der Waals surface area contributed by atoms with Crippen LogP contribution in [-0.2, 0) is 11.0 Å². The molecule has 0 bridgehead atoms. The van der Waals surface area contributed by atoms with Gasteiger partial charge in [0.25, 0.3) is 5.91 Å². The van der Waals surface area contributed by atoms with Gasteiger partial charge in [-0.1, -0.05) is 60.7 Å². The quantitative estimate of drug-likeness (QED) is 0.518. The van der Waals surface area contributed by atoms with Crippen LogP contribution in [0.4, 0.5) is 13.2 Å². The number of benzene rings is 3. The molecule has 0 radical (unpaired) electrons. The van der Waals surface area contributed by atoms with Gasteiger partial charge in [-0.2, -0.15) is 13.2 Å². The number of rotatable bonds is 5. The molecule has 0 aliphatic carbocycles. The van der Waals surface area contributed by atoms with Crippen LogP contribution in [0.3, 0.4) is 0 Å². The number of hydrogen-bond acceptors (Lipinski definition) is 2. The van der Waals surface area contributed by atoms with Crippen molar-refractivity contribution in [1.29, 1.82) is 0 Å². The molecule has 1 aliphatic heterocycles. The number of alkyl halides is 3. The van der Waals surface area contributed by atoms with Crippen molar-refractivity contribution in [2.45, 2.75) is 18.5 Å². The fraction of sp³-hybridized carbons (Fsp3) is 0.259. The molecule has 0 N–H and O–H groups in total. The molecule has 4 rings (SSSR count). The van der Waals surface area contributed by atoms with Crippen molar-refractivity contribution in [1.82, 2.24) is 9.80 Å². The lowest BCUT2D eigenvalue weighted by Gasteiger charge is -2.35. The Labute approximate surface area is 196 Å². The van der Waals surface area contributed by atoms with Crippen LogP contribution in [0.15, 0.2) is 84.9 Å². The molecule has 1 heterocycles. The van der Waals surface area contributed by atoms with Crippen LogP contribution < -0.4 is 0 Å². The maximum absolute atomic E-state index is 13.1. The molecule has 2 amide bonds. The third-order valence-electron chi connectivity index (χ3n) is 6.16. The first-order valence-electron chi connectivity index (χ1n) is 11.2. The first kappa shape index (κ1) is 23.5. The Morgan fingerprint density at radius 2 is 1.18 bits per heavy atom. The first-order valence-corrected chi connectivity index (χ1v) is 11.2. The molecule has 0 atom stereocenters. The summed E-state index contributed by atoms with van der Waals surface area (Å²) >= 11 is 0. The van der Waals surface area contributed by atoms with Gasteiger partial charge < -0.3 is 9.80 Å². The van der Waals surface area contributed by atoms with Gasteiger partial charge in [0.05, 0.1) is 5.56 Å². The summed E-state index contributed by atoms with van der Waals surface area (Å²) in [6.45, 7) is 1.46. The standard InChI is InChI=1S/C27H25F3N2O2/c28-27(29,30)23-13-11-22(12-14-23)26(34)32-17-15-31(16-18-32)25(33)19-24(20-7-3-1-4-8-20)21-9-5-2-6-10-21/h1-14,24H,15-19H2. The maximum Gasteiger partial charge on any atom is 0.416 e. The molecular formula is C27H25F3N2O2. The first-order chi connectivity index (χ1) is 16.3. The molecule has 0 unspecified atom stereocenters. The summed E-state index contributed by atoms with van der Waals surface area (Å²) in [7, 11) is 0. The van der Waals surface area contributed by atoms with Crippen molar-refractivity contribution in [3.63, 3.8) is 0 Å². The average Bonchev–Trinajstić information content (AvgIpc) is 2.87. The Bertz CT molecular complexity index is 1070. The zero-order valence-electron chi connectivity index (χ0n) is 18.5. The van der Waals surface area contributed by atoms with E-state index in [2.05, 4.69) is 0 Å². The van der Waals surface area contributed by atoms with Crippen LogP contribution >= 0.6 is 0 Å². The Kier molecular flexibility index (Phi) is 7.01. The summed E-state index contributed by atoms with van der Waals surface area (Å²) in [4.78, 5) is 29.2. The summed E-state index contributed by atoms with van der Waals surface area (Å²) in [5.41, 5.74) is 1.56.